The first-order valence-corrected chi connectivity index (χ1v) is 8.13. The quantitative estimate of drug-likeness (QED) is 0.862. The van der Waals surface area contributed by atoms with E-state index >= 15 is 0 Å². The highest BCUT2D eigenvalue weighted by Gasteiger charge is 2.20. The molecule has 0 spiro atoms. The molecule has 1 N–H and O–H groups in total. The molecule has 1 fully saturated rings. The maximum atomic E-state index is 10.3. The van der Waals surface area contributed by atoms with E-state index in [0.717, 1.165) is 42.7 Å². The lowest BCUT2D eigenvalue weighted by Crippen LogP contribution is -2.38. The zero-order valence-electron chi connectivity index (χ0n) is 12.1. The van der Waals surface area contributed by atoms with Crippen molar-refractivity contribution in [2.24, 2.45) is 5.92 Å². The SMILES string of the molecule is COCC1CCCN(CCC(O)c2ccccc2Br)C1. The summed E-state index contributed by atoms with van der Waals surface area (Å²) < 4.78 is 6.25. The molecular formula is C16H24BrNO2. The fourth-order valence-electron chi connectivity index (χ4n) is 2.93. The van der Waals surface area contributed by atoms with Gasteiger partial charge in [0.25, 0.3) is 0 Å². The molecule has 3 nitrogen and oxygen atoms in total. The minimum Gasteiger partial charge on any atom is -0.388 e. The second kappa shape index (κ2) is 8.13. The number of rotatable bonds is 6. The molecule has 0 amide bonds. The Morgan fingerprint density at radius 1 is 1.45 bits per heavy atom. The number of benzene rings is 1. The molecule has 1 saturated heterocycles. The Hall–Kier alpha value is -0.420. The normalized spacial score (nSPS) is 21.9. The van der Waals surface area contributed by atoms with Crippen molar-refractivity contribution in [3.05, 3.63) is 34.3 Å². The zero-order valence-corrected chi connectivity index (χ0v) is 13.7. The van der Waals surface area contributed by atoms with E-state index in [4.69, 9.17) is 4.74 Å². The van der Waals surface area contributed by atoms with Gasteiger partial charge in [0, 0.05) is 24.7 Å². The van der Waals surface area contributed by atoms with Crippen LogP contribution in [0, 0.1) is 5.92 Å². The Bertz CT molecular complexity index is 411. The Kier molecular flexibility index (Phi) is 6.49. The van der Waals surface area contributed by atoms with Gasteiger partial charge in [0.15, 0.2) is 0 Å². The van der Waals surface area contributed by atoms with Gasteiger partial charge in [0.1, 0.15) is 0 Å². The molecule has 1 aromatic rings. The number of nitrogens with zero attached hydrogens (tertiary/aromatic N) is 1. The summed E-state index contributed by atoms with van der Waals surface area (Å²) in [5, 5.41) is 10.3. The van der Waals surface area contributed by atoms with Crippen molar-refractivity contribution in [3.63, 3.8) is 0 Å². The Morgan fingerprint density at radius 3 is 3.00 bits per heavy atom. The van der Waals surface area contributed by atoms with Crippen molar-refractivity contribution in [2.75, 3.05) is 33.4 Å². The van der Waals surface area contributed by atoms with E-state index in [9.17, 15) is 5.11 Å². The lowest BCUT2D eigenvalue weighted by Gasteiger charge is -2.32. The number of methoxy groups -OCH3 is 1. The van der Waals surface area contributed by atoms with Crippen LogP contribution in [0.1, 0.15) is 30.9 Å². The fraction of sp³-hybridized carbons (Fsp3) is 0.625. The Morgan fingerprint density at radius 2 is 2.25 bits per heavy atom. The second-order valence-electron chi connectivity index (χ2n) is 5.59. The van der Waals surface area contributed by atoms with Gasteiger partial charge in [-0.3, -0.25) is 0 Å². The molecule has 0 bridgehead atoms. The van der Waals surface area contributed by atoms with E-state index in [0.29, 0.717) is 5.92 Å². The average Bonchev–Trinajstić information content (AvgIpc) is 2.46. The van der Waals surface area contributed by atoms with Crippen LogP contribution >= 0.6 is 15.9 Å². The van der Waals surface area contributed by atoms with E-state index in [1.54, 1.807) is 7.11 Å². The van der Waals surface area contributed by atoms with Crippen LogP contribution in [0.15, 0.2) is 28.7 Å². The average molecular weight is 342 g/mol. The second-order valence-corrected chi connectivity index (χ2v) is 6.44. The number of hydrogen-bond donors (Lipinski definition) is 1. The predicted octanol–water partition coefficient (Wildman–Crippen LogP) is 3.23. The summed E-state index contributed by atoms with van der Waals surface area (Å²) in [5.74, 6) is 0.648. The smallest absolute Gasteiger partial charge is 0.0813 e. The standard InChI is InChI=1S/C16H24BrNO2/c1-20-12-13-5-4-9-18(11-13)10-8-16(19)14-6-2-3-7-15(14)17/h2-3,6-7,13,16,19H,4-5,8-12H2,1H3. The maximum Gasteiger partial charge on any atom is 0.0813 e. The van der Waals surface area contributed by atoms with Gasteiger partial charge < -0.3 is 14.7 Å². The van der Waals surface area contributed by atoms with Crippen molar-refractivity contribution in [1.82, 2.24) is 4.90 Å². The first-order valence-electron chi connectivity index (χ1n) is 7.34. The van der Waals surface area contributed by atoms with E-state index < -0.39 is 6.10 Å². The third-order valence-corrected chi connectivity index (χ3v) is 4.71. The van der Waals surface area contributed by atoms with Crippen molar-refractivity contribution in [2.45, 2.75) is 25.4 Å². The summed E-state index contributed by atoms with van der Waals surface area (Å²) in [7, 11) is 1.77. The molecular weight excluding hydrogens is 318 g/mol. The summed E-state index contributed by atoms with van der Waals surface area (Å²) in [4.78, 5) is 2.45. The molecule has 2 atom stereocenters. The van der Waals surface area contributed by atoms with Crippen LogP contribution in [0.3, 0.4) is 0 Å². The largest absolute Gasteiger partial charge is 0.388 e. The summed E-state index contributed by atoms with van der Waals surface area (Å²) in [6.07, 6.45) is 2.88. The summed E-state index contributed by atoms with van der Waals surface area (Å²) >= 11 is 3.50. The van der Waals surface area contributed by atoms with E-state index in [-0.39, 0.29) is 0 Å². The van der Waals surface area contributed by atoms with Gasteiger partial charge >= 0.3 is 0 Å². The minimum absolute atomic E-state index is 0.395. The van der Waals surface area contributed by atoms with Crippen LogP contribution in [-0.4, -0.2) is 43.4 Å². The van der Waals surface area contributed by atoms with Gasteiger partial charge in [-0.1, -0.05) is 34.1 Å². The van der Waals surface area contributed by atoms with Crippen LogP contribution in [0.2, 0.25) is 0 Å². The first-order chi connectivity index (χ1) is 9.70. The van der Waals surface area contributed by atoms with Gasteiger partial charge in [-0.15, -0.1) is 0 Å². The molecule has 1 aliphatic rings. The Labute approximate surface area is 130 Å². The molecule has 4 heteroatoms. The number of halogens is 1. The van der Waals surface area contributed by atoms with Crippen LogP contribution in [0.4, 0.5) is 0 Å². The molecule has 0 saturated carbocycles. The van der Waals surface area contributed by atoms with Crippen molar-refractivity contribution < 1.29 is 9.84 Å². The topological polar surface area (TPSA) is 32.7 Å². The fourth-order valence-corrected chi connectivity index (χ4v) is 3.48. The molecule has 1 heterocycles. The van der Waals surface area contributed by atoms with Gasteiger partial charge in [0.2, 0.25) is 0 Å². The number of likely N-dealkylation sites (tertiary alicyclic amines) is 1. The van der Waals surface area contributed by atoms with Gasteiger partial charge in [0.05, 0.1) is 12.7 Å². The van der Waals surface area contributed by atoms with Crippen LogP contribution in [0.25, 0.3) is 0 Å². The third-order valence-electron chi connectivity index (χ3n) is 3.99. The van der Waals surface area contributed by atoms with Gasteiger partial charge in [-0.2, -0.15) is 0 Å². The van der Waals surface area contributed by atoms with Gasteiger partial charge in [-0.25, -0.2) is 0 Å². The van der Waals surface area contributed by atoms with E-state index in [1.807, 2.05) is 24.3 Å². The highest BCUT2D eigenvalue weighted by Crippen LogP contribution is 2.26. The maximum absolute atomic E-state index is 10.3. The van der Waals surface area contributed by atoms with Crippen LogP contribution < -0.4 is 0 Å². The molecule has 1 aromatic carbocycles. The molecule has 112 valence electrons. The lowest BCUT2D eigenvalue weighted by atomic mass is 9.98. The number of aliphatic hydroxyl groups is 1. The molecule has 0 aromatic heterocycles. The van der Waals surface area contributed by atoms with Crippen LogP contribution in [0.5, 0.6) is 0 Å². The third kappa shape index (κ3) is 4.55. The lowest BCUT2D eigenvalue weighted by molar-refractivity contribution is 0.0778. The van der Waals surface area contributed by atoms with Crippen molar-refractivity contribution >= 4 is 15.9 Å². The molecule has 0 radical (unpaired) electrons. The summed E-state index contributed by atoms with van der Waals surface area (Å²) in [5.41, 5.74) is 0.984. The van der Waals surface area contributed by atoms with E-state index in [1.165, 1.54) is 12.8 Å². The van der Waals surface area contributed by atoms with Crippen molar-refractivity contribution in [3.8, 4) is 0 Å². The highest BCUT2D eigenvalue weighted by molar-refractivity contribution is 9.10. The molecule has 1 aliphatic heterocycles. The minimum atomic E-state index is -0.395. The predicted molar refractivity (Wildman–Crippen MR) is 84.8 cm³/mol. The summed E-state index contributed by atoms with van der Waals surface area (Å²) in [6.45, 7) is 4.03. The zero-order chi connectivity index (χ0) is 14.4. The molecule has 20 heavy (non-hydrogen) atoms. The summed E-state index contributed by atoms with van der Waals surface area (Å²) in [6, 6.07) is 7.91. The number of hydrogen-bond acceptors (Lipinski definition) is 3. The van der Waals surface area contributed by atoms with Crippen LogP contribution in [-0.2, 0) is 4.74 Å². The number of ether oxygens (including phenoxy) is 1. The first kappa shape index (κ1) is 16.0. The Balaban J connectivity index is 1.81. The molecule has 2 unspecified atom stereocenters. The van der Waals surface area contributed by atoms with E-state index in [2.05, 4.69) is 20.8 Å². The molecule has 2 rings (SSSR count). The number of aliphatic hydroxyl groups excluding tert-OH is 1. The number of piperidine rings is 1. The molecule has 0 aliphatic carbocycles. The van der Waals surface area contributed by atoms with Crippen molar-refractivity contribution in [1.29, 1.82) is 0 Å². The van der Waals surface area contributed by atoms with Gasteiger partial charge in [-0.05, 0) is 43.4 Å². The monoisotopic (exact) mass is 341 g/mol. The highest BCUT2D eigenvalue weighted by atomic mass is 79.9.